The largest absolute Gasteiger partial charge is 0.380 e. The van der Waals surface area contributed by atoms with Gasteiger partial charge in [0.1, 0.15) is 0 Å². The Morgan fingerprint density at radius 1 is 1.35 bits per heavy atom. The third kappa shape index (κ3) is 1.66. The molecule has 7 nitrogen and oxygen atoms in total. The molecule has 0 atom stereocenters. The monoisotopic (exact) mass is 278 g/mol. The second kappa shape index (κ2) is 4.31. The van der Waals surface area contributed by atoms with Crippen molar-refractivity contribution in [3.63, 3.8) is 0 Å². The van der Waals surface area contributed by atoms with Crippen LogP contribution < -0.4 is 11.2 Å². The van der Waals surface area contributed by atoms with Crippen LogP contribution in [0.2, 0.25) is 0 Å². The molecular weight excluding hydrogens is 260 g/mol. The van der Waals surface area contributed by atoms with Gasteiger partial charge in [-0.2, -0.15) is 0 Å². The summed E-state index contributed by atoms with van der Waals surface area (Å²) in [6, 6.07) is 0. The van der Waals surface area contributed by atoms with Crippen molar-refractivity contribution in [2.75, 3.05) is 13.2 Å². The standard InChI is InChI=1S/C13H18N4O3/c1-4-13(6-20-7-13)5-17-11(18)9-10(14-8-15(9)2)16(3)12(17)19/h8H,4-7H2,1-3H3. The van der Waals surface area contributed by atoms with Crippen LogP contribution in [0.4, 0.5) is 0 Å². The molecular formula is C13H18N4O3. The molecule has 0 aromatic carbocycles. The molecule has 1 saturated heterocycles. The Morgan fingerprint density at radius 2 is 2.05 bits per heavy atom. The van der Waals surface area contributed by atoms with Gasteiger partial charge in [0.05, 0.1) is 19.5 Å². The van der Waals surface area contributed by atoms with Crippen molar-refractivity contribution in [1.82, 2.24) is 18.7 Å². The van der Waals surface area contributed by atoms with Gasteiger partial charge in [0.15, 0.2) is 11.2 Å². The lowest BCUT2D eigenvalue weighted by atomic mass is 9.83. The molecule has 3 rings (SSSR count). The number of aromatic nitrogens is 4. The van der Waals surface area contributed by atoms with Crippen LogP contribution in [0.1, 0.15) is 13.3 Å². The Labute approximate surface area is 115 Å². The fourth-order valence-corrected chi connectivity index (χ4v) is 2.67. The average molecular weight is 278 g/mol. The minimum atomic E-state index is -0.319. The van der Waals surface area contributed by atoms with Crippen molar-refractivity contribution in [3.05, 3.63) is 27.2 Å². The first kappa shape index (κ1) is 13.1. The predicted octanol–water partition coefficient (Wildman–Crippen LogP) is -0.140. The summed E-state index contributed by atoms with van der Waals surface area (Å²) >= 11 is 0. The van der Waals surface area contributed by atoms with Gasteiger partial charge in [-0.1, -0.05) is 6.92 Å². The first-order valence-electron chi connectivity index (χ1n) is 6.68. The van der Waals surface area contributed by atoms with Crippen molar-refractivity contribution < 1.29 is 4.74 Å². The van der Waals surface area contributed by atoms with E-state index < -0.39 is 0 Å². The van der Waals surface area contributed by atoms with E-state index in [-0.39, 0.29) is 16.7 Å². The molecule has 1 fully saturated rings. The van der Waals surface area contributed by atoms with Crippen molar-refractivity contribution in [1.29, 1.82) is 0 Å². The van der Waals surface area contributed by atoms with Crippen molar-refractivity contribution in [2.45, 2.75) is 19.9 Å². The lowest BCUT2D eigenvalue weighted by Gasteiger charge is -2.40. The summed E-state index contributed by atoms with van der Waals surface area (Å²) in [5, 5.41) is 0. The summed E-state index contributed by atoms with van der Waals surface area (Å²) in [5.74, 6) is 0. The molecule has 0 bridgehead atoms. The van der Waals surface area contributed by atoms with Crippen molar-refractivity contribution >= 4 is 11.2 Å². The molecule has 0 N–H and O–H groups in total. The van der Waals surface area contributed by atoms with Gasteiger partial charge in [0.2, 0.25) is 0 Å². The summed E-state index contributed by atoms with van der Waals surface area (Å²) in [6.45, 7) is 3.65. The number of fused-ring (bicyclic) bond motifs is 1. The van der Waals surface area contributed by atoms with Gasteiger partial charge in [-0.25, -0.2) is 9.78 Å². The maximum Gasteiger partial charge on any atom is 0.332 e. The number of nitrogens with zero attached hydrogens (tertiary/aromatic N) is 4. The smallest absolute Gasteiger partial charge is 0.332 e. The molecule has 3 heterocycles. The quantitative estimate of drug-likeness (QED) is 0.783. The second-order valence-electron chi connectivity index (χ2n) is 5.61. The zero-order valence-corrected chi connectivity index (χ0v) is 11.9. The summed E-state index contributed by atoms with van der Waals surface area (Å²) in [5.41, 5.74) is 0.193. The zero-order valence-electron chi connectivity index (χ0n) is 11.9. The molecule has 2 aromatic rings. The van der Waals surface area contributed by atoms with Gasteiger partial charge < -0.3 is 9.30 Å². The Balaban J connectivity index is 2.23. The third-order valence-corrected chi connectivity index (χ3v) is 4.26. The highest BCUT2D eigenvalue weighted by Gasteiger charge is 2.38. The van der Waals surface area contributed by atoms with Crippen LogP contribution in [0.5, 0.6) is 0 Å². The number of aryl methyl sites for hydroxylation is 2. The number of ether oxygens (including phenoxy) is 1. The van der Waals surface area contributed by atoms with Crippen LogP contribution in [-0.4, -0.2) is 31.9 Å². The van der Waals surface area contributed by atoms with Gasteiger partial charge >= 0.3 is 5.69 Å². The van der Waals surface area contributed by atoms with Crippen LogP contribution >= 0.6 is 0 Å². The SMILES string of the molecule is CCC1(Cn2c(=O)c3c(ncn3C)n(C)c2=O)COC1. The minimum absolute atomic E-state index is 0.0950. The van der Waals surface area contributed by atoms with Crippen molar-refractivity contribution in [3.8, 4) is 0 Å². The van der Waals surface area contributed by atoms with E-state index in [4.69, 9.17) is 4.74 Å². The summed E-state index contributed by atoms with van der Waals surface area (Å²) in [4.78, 5) is 29.1. The molecule has 1 aliphatic rings. The maximum atomic E-state index is 12.6. The molecule has 20 heavy (non-hydrogen) atoms. The Bertz CT molecular complexity index is 774. The number of rotatable bonds is 3. The Morgan fingerprint density at radius 3 is 2.60 bits per heavy atom. The molecule has 0 unspecified atom stereocenters. The van der Waals surface area contributed by atoms with E-state index in [9.17, 15) is 9.59 Å². The molecule has 0 radical (unpaired) electrons. The summed E-state index contributed by atoms with van der Waals surface area (Å²) in [7, 11) is 3.40. The lowest BCUT2D eigenvalue weighted by Crippen LogP contribution is -2.51. The highest BCUT2D eigenvalue weighted by molar-refractivity contribution is 5.69. The number of hydrogen-bond acceptors (Lipinski definition) is 4. The van der Waals surface area contributed by atoms with E-state index in [0.717, 1.165) is 6.42 Å². The van der Waals surface area contributed by atoms with Gasteiger partial charge in [0, 0.05) is 26.1 Å². The first-order valence-corrected chi connectivity index (χ1v) is 6.68. The van der Waals surface area contributed by atoms with Gasteiger partial charge in [-0.3, -0.25) is 13.9 Å². The van der Waals surface area contributed by atoms with E-state index >= 15 is 0 Å². The highest BCUT2D eigenvalue weighted by atomic mass is 16.5. The summed E-state index contributed by atoms with van der Waals surface area (Å²) < 4.78 is 9.67. The molecule has 0 amide bonds. The summed E-state index contributed by atoms with van der Waals surface area (Å²) in [6.07, 6.45) is 2.43. The van der Waals surface area contributed by atoms with E-state index in [2.05, 4.69) is 11.9 Å². The molecule has 0 spiro atoms. The highest BCUT2D eigenvalue weighted by Crippen LogP contribution is 2.32. The Kier molecular flexibility index (Phi) is 2.82. The van der Waals surface area contributed by atoms with Crippen LogP contribution in [0.3, 0.4) is 0 Å². The van der Waals surface area contributed by atoms with Crippen molar-refractivity contribution in [2.24, 2.45) is 19.5 Å². The van der Waals surface area contributed by atoms with Crippen LogP contribution in [0.15, 0.2) is 15.9 Å². The van der Waals surface area contributed by atoms with Gasteiger partial charge in [0.25, 0.3) is 5.56 Å². The molecule has 1 aliphatic heterocycles. The third-order valence-electron chi connectivity index (χ3n) is 4.26. The first-order chi connectivity index (χ1) is 9.49. The van der Waals surface area contributed by atoms with Crippen LogP contribution in [0.25, 0.3) is 11.2 Å². The normalized spacial score (nSPS) is 17.4. The Hall–Kier alpha value is -1.89. The van der Waals surface area contributed by atoms with Gasteiger partial charge in [-0.15, -0.1) is 0 Å². The molecule has 7 heteroatoms. The molecule has 0 aliphatic carbocycles. The zero-order chi connectivity index (χ0) is 14.5. The molecule has 0 saturated carbocycles. The minimum Gasteiger partial charge on any atom is -0.380 e. The average Bonchev–Trinajstić information content (AvgIpc) is 2.77. The number of imidazole rings is 1. The fraction of sp³-hybridized carbons (Fsp3) is 0.615. The lowest BCUT2D eigenvalue weighted by molar-refractivity contribution is -0.124. The fourth-order valence-electron chi connectivity index (χ4n) is 2.67. The predicted molar refractivity (Wildman–Crippen MR) is 73.8 cm³/mol. The van der Waals surface area contributed by atoms with E-state index in [0.29, 0.717) is 30.9 Å². The van der Waals surface area contributed by atoms with E-state index in [1.807, 2.05) is 0 Å². The molecule has 108 valence electrons. The number of hydrogen-bond donors (Lipinski definition) is 0. The van der Waals surface area contributed by atoms with Crippen LogP contribution in [0, 0.1) is 5.41 Å². The maximum absolute atomic E-state index is 12.6. The van der Waals surface area contributed by atoms with E-state index in [1.165, 1.54) is 9.13 Å². The topological polar surface area (TPSA) is 71.0 Å². The van der Waals surface area contributed by atoms with Gasteiger partial charge in [-0.05, 0) is 6.42 Å². The second-order valence-corrected chi connectivity index (χ2v) is 5.61. The van der Waals surface area contributed by atoms with Crippen LogP contribution in [-0.2, 0) is 25.4 Å². The molecule has 2 aromatic heterocycles. The van der Waals surface area contributed by atoms with E-state index in [1.54, 1.807) is 25.0 Å².